The molecule has 0 radical (unpaired) electrons. The first-order valence-corrected chi connectivity index (χ1v) is 5.36. The number of rotatable bonds is 4. The Morgan fingerprint density at radius 3 is 2.79 bits per heavy atom. The molecule has 2 N–H and O–H groups in total. The number of nitrogens with one attached hydrogen (secondary N) is 1. The van der Waals surface area contributed by atoms with E-state index in [-0.39, 0.29) is 12.1 Å². The number of nitriles is 1. The minimum absolute atomic E-state index is 0.191. The average molecular weight is 210 g/mol. The van der Waals surface area contributed by atoms with Crippen molar-refractivity contribution >= 4 is 11.3 Å². The van der Waals surface area contributed by atoms with Crippen LogP contribution in [0.5, 0.6) is 0 Å². The van der Waals surface area contributed by atoms with Crippen LogP contribution < -0.4 is 5.32 Å². The van der Waals surface area contributed by atoms with Crippen LogP contribution in [-0.2, 0) is 0 Å². The van der Waals surface area contributed by atoms with E-state index in [4.69, 9.17) is 10.4 Å². The predicted molar refractivity (Wildman–Crippen MR) is 57.1 cm³/mol. The van der Waals surface area contributed by atoms with Crippen LogP contribution in [0, 0.1) is 11.3 Å². The Kier molecular flexibility index (Phi) is 4.08. The first-order chi connectivity index (χ1) is 6.63. The third kappa shape index (κ3) is 3.11. The molecule has 0 fully saturated rings. The molecule has 0 aromatic carbocycles. The van der Waals surface area contributed by atoms with Gasteiger partial charge in [-0.25, -0.2) is 0 Å². The maximum Gasteiger partial charge on any atom is 0.110 e. The van der Waals surface area contributed by atoms with Gasteiger partial charge in [0.15, 0.2) is 0 Å². The van der Waals surface area contributed by atoms with Crippen molar-refractivity contribution in [3.05, 3.63) is 21.9 Å². The summed E-state index contributed by atoms with van der Waals surface area (Å²) >= 11 is 1.49. The maximum absolute atomic E-state index is 9.09. The highest BCUT2D eigenvalue weighted by molar-refractivity contribution is 7.12. The fourth-order valence-corrected chi connectivity index (χ4v) is 1.93. The molecule has 1 unspecified atom stereocenters. The Balaban J connectivity index is 2.52. The second kappa shape index (κ2) is 5.11. The van der Waals surface area contributed by atoms with E-state index < -0.39 is 0 Å². The molecule has 0 spiro atoms. The first-order valence-electron chi connectivity index (χ1n) is 4.54. The van der Waals surface area contributed by atoms with Crippen molar-refractivity contribution in [1.29, 1.82) is 5.26 Å². The van der Waals surface area contributed by atoms with Crippen LogP contribution in [0.15, 0.2) is 12.1 Å². The lowest BCUT2D eigenvalue weighted by Gasteiger charge is -2.12. The monoisotopic (exact) mass is 210 g/mol. The van der Waals surface area contributed by atoms with Crippen molar-refractivity contribution in [3.8, 4) is 6.07 Å². The molecule has 1 aromatic rings. The molecular weight excluding hydrogens is 196 g/mol. The van der Waals surface area contributed by atoms with Gasteiger partial charge in [-0.05, 0) is 26.0 Å². The van der Waals surface area contributed by atoms with Gasteiger partial charge >= 0.3 is 0 Å². The summed E-state index contributed by atoms with van der Waals surface area (Å²) in [6.07, 6.45) is -0.340. The van der Waals surface area contributed by atoms with E-state index in [1.54, 1.807) is 6.92 Å². The molecule has 76 valence electrons. The highest BCUT2D eigenvalue weighted by Crippen LogP contribution is 2.22. The quantitative estimate of drug-likeness (QED) is 0.794. The number of thiophene rings is 1. The largest absolute Gasteiger partial charge is 0.392 e. The Morgan fingerprint density at radius 2 is 2.29 bits per heavy atom. The fraction of sp³-hybridized carbons (Fsp3) is 0.500. The van der Waals surface area contributed by atoms with Gasteiger partial charge in [-0.15, -0.1) is 11.3 Å². The van der Waals surface area contributed by atoms with Crippen molar-refractivity contribution in [2.45, 2.75) is 26.0 Å². The fourth-order valence-electron chi connectivity index (χ4n) is 1.09. The molecule has 14 heavy (non-hydrogen) atoms. The molecule has 2 atom stereocenters. The Bertz CT molecular complexity index is 327. The minimum Gasteiger partial charge on any atom is -0.392 e. The van der Waals surface area contributed by atoms with Crippen LogP contribution in [0.25, 0.3) is 0 Å². The van der Waals surface area contributed by atoms with Crippen molar-refractivity contribution in [2.24, 2.45) is 0 Å². The van der Waals surface area contributed by atoms with Gasteiger partial charge in [-0.1, -0.05) is 0 Å². The first kappa shape index (κ1) is 11.2. The molecule has 0 aliphatic carbocycles. The summed E-state index contributed by atoms with van der Waals surface area (Å²) < 4.78 is 0. The highest BCUT2D eigenvalue weighted by Gasteiger charge is 2.08. The topological polar surface area (TPSA) is 56.0 Å². The van der Waals surface area contributed by atoms with Gasteiger partial charge in [0.2, 0.25) is 0 Å². The van der Waals surface area contributed by atoms with Crippen LogP contribution in [0.2, 0.25) is 0 Å². The molecule has 1 aromatic heterocycles. The van der Waals surface area contributed by atoms with Gasteiger partial charge in [0.05, 0.1) is 6.10 Å². The Morgan fingerprint density at radius 1 is 1.57 bits per heavy atom. The second-order valence-corrected chi connectivity index (χ2v) is 4.41. The van der Waals surface area contributed by atoms with Gasteiger partial charge in [0.25, 0.3) is 0 Å². The molecule has 0 amide bonds. The predicted octanol–water partition coefficient (Wildman–Crippen LogP) is 1.65. The summed E-state index contributed by atoms with van der Waals surface area (Å²) in [6.45, 7) is 4.34. The molecule has 0 saturated heterocycles. The Hall–Kier alpha value is -0.890. The lowest BCUT2D eigenvalue weighted by molar-refractivity contribution is 0.187. The van der Waals surface area contributed by atoms with E-state index in [2.05, 4.69) is 11.4 Å². The van der Waals surface area contributed by atoms with Crippen LogP contribution in [0.4, 0.5) is 0 Å². The lowest BCUT2D eigenvalue weighted by atomic mass is 10.2. The summed E-state index contributed by atoms with van der Waals surface area (Å²) in [5.41, 5.74) is 0. The van der Waals surface area contributed by atoms with Crippen molar-refractivity contribution in [1.82, 2.24) is 5.32 Å². The van der Waals surface area contributed by atoms with Crippen LogP contribution in [0.3, 0.4) is 0 Å². The molecule has 4 heteroatoms. The normalized spacial score (nSPS) is 14.7. The summed E-state index contributed by atoms with van der Waals surface area (Å²) in [5, 5.41) is 20.9. The van der Waals surface area contributed by atoms with E-state index in [0.29, 0.717) is 6.54 Å². The number of hydrogen-bond acceptors (Lipinski definition) is 4. The summed E-state index contributed by atoms with van der Waals surface area (Å²) in [6, 6.07) is 6.07. The zero-order valence-corrected chi connectivity index (χ0v) is 9.14. The SMILES string of the molecule is CC(NC[C@H](C)O)c1ccc(C#N)s1. The zero-order valence-electron chi connectivity index (χ0n) is 8.32. The maximum atomic E-state index is 9.09. The van der Waals surface area contributed by atoms with E-state index in [1.807, 2.05) is 19.1 Å². The number of hydrogen-bond donors (Lipinski definition) is 2. The van der Waals surface area contributed by atoms with Crippen molar-refractivity contribution in [2.75, 3.05) is 6.54 Å². The molecule has 0 bridgehead atoms. The number of aliphatic hydroxyl groups is 1. The van der Waals surface area contributed by atoms with Gasteiger partial charge in [0, 0.05) is 17.5 Å². The zero-order chi connectivity index (χ0) is 10.6. The molecule has 0 aliphatic rings. The molecule has 3 nitrogen and oxygen atoms in total. The van der Waals surface area contributed by atoms with Gasteiger partial charge in [0.1, 0.15) is 10.9 Å². The average Bonchev–Trinajstić information content (AvgIpc) is 2.62. The molecular formula is C10H14N2OS. The second-order valence-electron chi connectivity index (χ2n) is 3.29. The third-order valence-corrected chi connectivity index (χ3v) is 3.06. The summed E-state index contributed by atoms with van der Waals surface area (Å²) in [4.78, 5) is 1.85. The Labute approximate surface area is 88.0 Å². The standard InChI is InChI=1S/C10H14N2OS/c1-7(13)6-12-8(2)10-4-3-9(5-11)14-10/h3-4,7-8,12-13H,6H2,1-2H3/t7-,8?/m0/s1. The van der Waals surface area contributed by atoms with Gasteiger partial charge in [-0.3, -0.25) is 0 Å². The lowest BCUT2D eigenvalue weighted by Crippen LogP contribution is -2.26. The minimum atomic E-state index is -0.340. The van der Waals surface area contributed by atoms with E-state index in [9.17, 15) is 0 Å². The van der Waals surface area contributed by atoms with Crippen LogP contribution >= 0.6 is 11.3 Å². The third-order valence-electron chi connectivity index (χ3n) is 1.88. The molecule has 1 rings (SSSR count). The number of aliphatic hydroxyl groups excluding tert-OH is 1. The molecule has 1 heterocycles. The summed E-state index contributed by atoms with van der Waals surface area (Å²) in [5.74, 6) is 0. The van der Waals surface area contributed by atoms with Crippen LogP contribution in [0.1, 0.15) is 29.6 Å². The van der Waals surface area contributed by atoms with Gasteiger partial charge in [-0.2, -0.15) is 5.26 Å². The van der Waals surface area contributed by atoms with Crippen LogP contribution in [-0.4, -0.2) is 17.8 Å². The molecule has 0 saturated carbocycles. The van der Waals surface area contributed by atoms with E-state index >= 15 is 0 Å². The number of nitrogens with zero attached hydrogens (tertiary/aromatic N) is 1. The summed E-state index contributed by atoms with van der Waals surface area (Å²) in [7, 11) is 0. The van der Waals surface area contributed by atoms with Gasteiger partial charge < -0.3 is 10.4 Å². The highest BCUT2D eigenvalue weighted by atomic mass is 32.1. The van der Waals surface area contributed by atoms with Crippen molar-refractivity contribution in [3.63, 3.8) is 0 Å². The van der Waals surface area contributed by atoms with Crippen molar-refractivity contribution < 1.29 is 5.11 Å². The van der Waals surface area contributed by atoms with E-state index in [0.717, 1.165) is 9.75 Å². The smallest absolute Gasteiger partial charge is 0.110 e. The molecule has 0 aliphatic heterocycles. The van der Waals surface area contributed by atoms with E-state index in [1.165, 1.54) is 11.3 Å².